The number of rotatable bonds is 4. The van der Waals surface area contributed by atoms with Crippen LogP contribution in [0.3, 0.4) is 0 Å². The first kappa shape index (κ1) is 16.0. The molecule has 2 N–H and O–H groups in total. The molecule has 4 nitrogen and oxygen atoms in total. The molecule has 4 heteroatoms. The number of fused-ring (bicyclic) bond motifs is 1. The molecule has 0 bridgehead atoms. The topological polar surface area (TPSA) is 54.1 Å². The Hall–Kier alpha value is -3.53. The highest BCUT2D eigenvalue weighted by Gasteiger charge is 2.12. The van der Waals surface area contributed by atoms with E-state index in [1.807, 2.05) is 54.6 Å². The average molecular weight is 342 g/mol. The van der Waals surface area contributed by atoms with Gasteiger partial charge in [-0.25, -0.2) is 0 Å². The van der Waals surface area contributed by atoms with Crippen LogP contribution in [0.2, 0.25) is 0 Å². The number of benzene rings is 3. The highest BCUT2D eigenvalue weighted by atomic mass is 16.5. The second kappa shape index (κ2) is 6.76. The van der Waals surface area contributed by atoms with Gasteiger partial charge in [-0.3, -0.25) is 4.79 Å². The zero-order valence-corrected chi connectivity index (χ0v) is 14.3. The van der Waals surface area contributed by atoms with Crippen molar-refractivity contribution in [3.8, 4) is 17.0 Å². The number of carbonyl (C=O) groups is 1. The van der Waals surface area contributed by atoms with Gasteiger partial charge in [-0.2, -0.15) is 0 Å². The van der Waals surface area contributed by atoms with Crippen molar-refractivity contribution < 1.29 is 9.53 Å². The van der Waals surface area contributed by atoms with Crippen LogP contribution in [0.15, 0.2) is 78.9 Å². The average Bonchev–Trinajstić information content (AvgIpc) is 3.12. The quantitative estimate of drug-likeness (QED) is 0.542. The first-order valence-corrected chi connectivity index (χ1v) is 8.37. The number of carbonyl (C=O) groups excluding carboxylic acids is 1. The van der Waals surface area contributed by atoms with Gasteiger partial charge in [0.15, 0.2) is 0 Å². The summed E-state index contributed by atoms with van der Waals surface area (Å²) in [5.74, 6) is 0.355. The van der Waals surface area contributed by atoms with E-state index in [4.69, 9.17) is 4.74 Å². The van der Waals surface area contributed by atoms with Crippen molar-refractivity contribution >= 4 is 22.5 Å². The van der Waals surface area contributed by atoms with E-state index in [1.165, 1.54) is 0 Å². The Kier molecular flexibility index (Phi) is 4.15. The molecule has 1 aromatic heterocycles. The fraction of sp³-hybridized carbons (Fsp3) is 0.0455. The summed E-state index contributed by atoms with van der Waals surface area (Å²) >= 11 is 0. The highest BCUT2D eigenvalue weighted by Crippen LogP contribution is 2.26. The van der Waals surface area contributed by atoms with Crippen molar-refractivity contribution in [1.29, 1.82) is 0 Å². The predicted octanol–water partition coefficient (Wildman–Crippen LogP) is 5.10. The Morgan fingerprint density at radius 3 is 2.58 bits per heavy atom. The van der Waals surface area contributed by atoms with Crippen molar-refractivity contribution in [1.82, 2.24) is 4.98 Å². The van der Waals surface area contributed by atoms with Crippen molar-refractivity contribution in [2.75, 3.05) is 12.4 Å². The van der Waals surface area contributed by atoms with Gasteiger partial charge in [0.2, 0.25) is 0 Å². The molecule has 4 aromatic rings. The maximum atomic E-state index is 12.6. The van der Waals surface area contributed by atoms with Gasteiger partial charge in [0.1, 0.15) is 5.75 Å². The number of hydrogen-bond acceptors (Lipinski definition) is 2. The van der Waals surface area contributed by atoms with E-state index in [0.717, 1.165) is 27.8 Å². The van der Waals surface area contributed by atoms with Gasteiger partial charge in [0.05, 0.1) is 12.7 Å². The Morgan fingerprint density at radius 1 is 0.923 bits per heavy atom. The first-order valence-electron chi connectivity index (χ1n) is 8.37. The number of anilines is 1. The first-order chi connectivity index (χ1) is 12.7. The van der Waals surface area contributed by atoms with Crippen LogP contribution in [0, 0.1) is 0 Å². The molecular formula is C22H18N2O2. The van der Waals surface area contributed by atoms with E-state index >= 15 is 0 Å². The molecule has 26 heavy (non-hydrogen) atoms. The van der Waals surface area contributed by atoms with E-state index < -0.39 is 0 Å². The number of aromatic amines is 1. The van der Waals surface area contributed by atoms with Crippen LogP contribution in [0.4, 0.5) is 5.69 Å². The predicted molar refractivity (Wildman–Crippen MR) is 105 cm³/mol. The molecule has 0 radical (unpaired) electrons. The van der Waals surface area contributed by atoms with Crippen LogP contribution >= 0.6 is 0 Å². The third-order valence-electron chi connectivity index (χ3n) is 4.31. The molecule has 0 aliphatic heterocycles. The van der Waals surface area contributed by atoms with Gasteiger partial charge in [0, 0.05) is 27.8 Å². The Morgan fingerprint density at radius 2 is 1.73 bits per heavy atom. The molecule has 0 spiro atoms. The van der Waals surface area contributed by atoms with Gasteiger partial charge in [0.25, 0.3) is 5.91 Å². The lowest BCUT2D eigenvalue weighted by Gasteiger charge is -2.10. The van der Waals surface area contributed by atoms with Crippen molar-refractivity contribution in [3.05, 3.63) is 84.4 Å². The second-order valence-corrected chi connectivity index (χ2v) is 6.01. The van der Waals surface area contributed by atoms with E-state index in [9.17, 15) is 4.79 Å². The Bertz CT molecular complexity index is 1050. The summed E-state index contributed by atoms with van der Waals surface area (Å²) in [6.45, 7) is 0. The van der Waals surface area contributed by atoms with E-state index in [0.29, 0.717) is 11.3 Å². The summed E-state index contributed by atoms with van der Waals surface area (Å²) in [5, 5.41) is 4.10. The fourth-order valence-electron chi connectivity index (χ4n) is 3.02. The maximum Gasteiger partial charge on any atom is 0.259 e. The summed E-state index contributed by atoms with van der Waals surface area (Å²) in [6.07, 6.45) is 0. The molecule has 0 aliphatic carbocycles. The van der Waals surface area contributed by atoms with Gasteiger partial charge in [-0.1, -0.05) is 42.5 Å². The second-order valence-electron chi connectivity index (χ2n) is 6.01. The van der Waals surface area contributed by atoms with Crippen molar-refractivity contribution in [3.63, 3.8) is 0 Å². The largest absolute Gasteiger partial charge is 0.496 e. The molecule has 0 fully saturated rings. The molecule has 1 amide bonds. The molecule has 0 unspecified atom stereocenters. The smallest absolute Gasteiger partial charge is 0.259 e. The molecule has 1 heterocycles. The van der Waals surface area contributed by atoms with Crippen molar-refractivity contribution in [2.24, 2.45) is 0 Å². The van der Waals surface area contributed by atoms with Gasteiger partial charge < -0.3 is 15.0 Å². The third kappa shape index (κ3) is 3.05. The molecule has 4 rings (SSSR count). The normalized spacial score (nSPS) is 10.7. The number of aromatic nitrogens is 1. The Balaban J connectivity index is 1.62. The summed E-state index contributed by atoms with van der Waals surface area (Å²) in [4.78, 5) is 16.0. The number of amides is 1. The van der Waals surface area contributed by atoms with Crippen LogP contribution in [-0.2, 0) is 0 Å². The zero-order valence-electron chi connectivity index (χ0n) is 14.3. The van der Waals surface area contributed by atoms with Crippen LogP contribution in [0.5, 0.6) is 5.75 Å². The molecular weight excluding hydrogens is 324 g/mol. The van der Waals surface area contributed by atoms with E-state index in [1.54, 1.807) is 19.2 Å². The molecule has 128 valence electrons. The molecule has 0 saturated heterocycles. The summed E-state index contributed by atoms with van der Waals surface area (Å²) in [6, 6.07) is 25.2. The van der Waals surface area contributed by atoms with Gasteiger partial charge in [-0.05, 0) is 36.4 Å². The number of ether oxygens (including phenoxy) is 1. The number of H-pyrrole nitrogens is 1. The molecule has 0 saturated carbocycles. The minimum atomic E-state index is -0.198. The number of para-hydroxylation sites is 2. The molecule has 0 aliphatic rings. The number of nitrogens with one attached hydrogen (secondary N) is 2. The number of hydrogen-bond donors (Lipinski definition) is 2. The molecule has 0 atom stereocenters. The zero-order chi connectivity index (χ0) is 17.9. The third-order valence-corrected chi connectivity index (χ3v) is 4.31. The SMILES string of the molecule is COc1ccccc1C(=O)Nc1cccc(-c2cc3ccccc3[nH]2)c1. The summed E-state index contributed by atoms with van der Waals surface area (Å²) in [7, 11) is 1.56. The molecule has 3 aromatic carbocycles. The summed E-state index contributed by atoms with van der Waals surface area (Å²) < 4.78 is 5.27. The maximum absolute atomic E-state index is 12.6. The lowest BCUT2D eigenvalue weighted by atomic mass is 10.1. The van der Waals surface area contributed by atoms with Gasteiger partial charge in [-0.15, -0.1) is 0 Å². The van der Waals surface area contributed by atoms with Crippen LogP contribution in [0.1, 0.15) is 10.4 Å². The number of methoxy groups -OCH3 is 1. The standard InChI is InChI=1S/C22H18N2O2/c1-26-21-12-5-3-10-18(21)22(25)23-17-9-6-8-15(13-17)20-14-16-7-2-4-11-19(16)24-20/h2-14,24H,1H3,(H,23,25). The Labute approximate surface area is 151 Å². The van der Waals surface area contributed by atoms with E-state index in [2.05, 4.69) is 22.4 Å². The van der Waals surface area contributed by atoms with E-state index in [-0.39, 0.29) is 5.91 Å². The monoisotopic (exact) mass is 342 g/mol. The van der Waals surface area contributed by atoms with Gasteiger partial charge >= 0.3 is 0 Å². The minimum Gasteiger partial charge on any atom is -0.496 e. The minimum absolute atomic E-state index is 0.198. The highest BCUT2D eigenvalue weighted by molar-refractivity contribution is 6.06. The summed E-state index contributed by atoms with van der Waals surface area (Å²) in [5.41, 5.74) is 4.35. The van der Waals surface area contributed by atoms with Crippen LogP contribution in [0.25, 0.3) is 22.2 Å². The fourth-order valence-corrected chi connectivity index (χ4v) is 3.02. The lowest BCUT2D eigenvalue weighted by molar-refractivity contribution is 0.102. The lowest BCUT2D eigenvalue weighted by Crippen LogP contribution is -2.13. The van der Waals surface area contributed by atoms with Crippen molar-refractivity contribution in [2.45, 2.75) is 0 Å². The van der Waals surface area contributed by atoms with Crippen LogP contribution < -0.4 is 10.1 Å². The van der Waals surface area contributed by atoms with Crippen LogP contribution in [-0.4, -0.2) is 18.0 Å².